The summed E-state index contributed by atoms with van der Waals surface area (Å²) >= 11 is 0. The number of piperidine rings is 1. The zero-order valence-electron chi connectivity index (χ0n) is 14.9. The van der Waals surface area contributed by atoms with E-state index in [1.165, 1.54) is 10.6 Å². The number of ether oxygens (including phenoxy) is 2. The second kappa shape index (κ2) is 8.53. The fraction of sp³-hybridized carbons (Fsp3) is 0.588. The average molecular weight is 370 g/mol. The molecule has 0 spiro atoms. The number of amides is 1. The Morgan fingerprint density at radius 3 is 2.56 bits per heavy atom. The molecule has 1 aliphatic rings. The highest BCUT2D eigenvalue weighted by Crippen LogP contribution is 2.19. The van der Waals surface area contributed by atoms with Crippen molar-refractivity contribution in [2.75, 3.05) is 33.1 Å². The van der Waals surface area contributed by atoms with Gasteiger partial charge in [-0.2, -0.15) is 0 Å². The van der Waals surface area contributed by atoms with Gasteiger partial charge >= 0.3 is 0 Å². The van der Waals surface area contributed by atoms with Crippen molar-refractivity contribution in [2.24, 2.45) is 5.92 Å². The topological polar surface area (TPSA) is 84.9 Å². The lowest BCUT2D eigenvalue weighted by Gasteiger charge is -2.30. The highest BCUT2D eigenvalue weighted by Gasteiger charge is 2.30. The van der Waals surface area contributed by atoms with E-state index in [1.54, 1.807) is 31.4 Å². The van der Waals surface area contributed by atoms with Crippen molar-refractivity contribution in [3.05, 3.63) is 24.3 Å². The molecular weight excluding hydrogens is 344 g/mol. The molecule has 1 aliphatic heterocycles. The number of methoxy groups -OCH3 is 1. The van der Waals surface area contributed by atoms with Crippen molar-refractivity contribution in [3.8, 4) is 11.5 Å². The average Bonchev–Trinajstić information content (AvgIpc) is 2.59. The molecule has 1 fully saturated rings. The minimum absolute atomic E-state index is 0.126. The third kappa shape index (κ3) is 5.89. The minimum atomic E-state index is -3.25. The van der Waals surface area contributed by atoms with Crippen molar-refractivity contribution in [2.45, 2.75) is 25.8 Å². The summed E-state index contributed by atoms with van der Waals surface area (Å²) < 4.78 is 35.4. The van der Waals surface area contributed by atoms with E-state index in [4.69, 9.17) is 9.47 Å². The van der Waals surface area contributed by atoms with Gasteiger partial charge in [0, 0.05) is 13.1 Å². The molecule has 0 saturated carbocycles. The number of carbonyl (C=O) groups excluding carboxylic acids is 1. The van der Waals surface area contributed by atoms with Gasteiger partial charge in [0.15, 0.2) is 0 Å². The van der Waals surface area contributed by atoms with Gasteiger partial charge in [-0.1, -0.05) is 0 Å². The summed E-state index contributed by atoms with van der Waals surface area (Å²) in [5.74, 6) is 1.01. The Morgan fingerprint density at radius 2 is 1.96 bits per heavy atom. The normalized spacial score (nSPS) is 19.9. The maximum absolute atomic E-state index is 12.4. The fourth-order valence-electron chi connectivity index (χ4n) is 2.75. The Labute approximate surface area is 149 Å². The van der Waals surface area contributed by atoms with E-state index in [2.05, 4.69) is 5.32 Å². The van der Waals surface area contributed by atoms with Gasteiger partial charge in [-0.3, -0.25) is 4.79 Å². The van der Waals surface area contributed by atoms with Crippen molar-refractivity contribution in [1.82, 2.24) is 9.62 Å². The highest BCUT2D eigenvalue weighted by molar-refractivity contribution is 7.88. The quantitative estimate of drug-likeness (QED) is 0.781. The highest BCUT2D eigenvalue weighted by atomic mass is 32.2. The molecule has 0 aliphatic carbocycles. The maximum Gasteiger partial charge on any atom is 0.224 e. The molecule has 1 amide bonds. The fourth-order valence-corrected chi connectivity index (χ4v) is 3.66. The van der Waals surface area contributed by atoms with Crippen molar-refractivity contribution < 1.29 is 22.7 Å². The zero-order chi connectivity index (χ0) is 18.4. The van der Waals surface area contributed by atoms with Crippen molar-refractivity contribution >= 4 is 15.9 Å². The number of hydrogen-bond acceptors (Lipinski definition) is 5. The molecule has 1 N–H and O–H groups in total. The molecule has 2 atom stereocenters. The third-order valence-corrected chi connectivity index (χ3v) is 5.44. The lowest BCUT2D eigenvalue weighted by Crippen LogP contribution is -2.47. The van der Waals surface area contributed by atoms with E-state index in [0.717, 1.165) is 5.75 Å². The van der Waals surface area contributed by atoms with Gasteiger partial charge in [-0.25, -0.2) is 12.7 Å². The number of benzene rings is 1. The molecule has 0 bridgehead atoms. The van der Waals surface area contributed by atoms with Crippen LogP contribution >= 0.6 is 0 Å². The first kappa shape index (κ1) is 19.5. The van der Waals surface area contributed by atoms with Crippen LogP contribution in [0.15, 0.2) is 24.3 Å². The van der Waals surface area contributed by atoms with E-state index >= 15 is 0 Å². The second-order valence-electron chi connectivity index (χ2n) is 6.36. The van der Waals surface area contributed by atoms with Crippen LogP contribution in [0.2, 0.25) is 0 Å². The third-order valence-electron chi connectivity index (χ3n) is 4.17. The van der Waals surface area contributed by atoms with Gasteiger partial charge in [0.25, 0.3) is 0 Å². The second-order valence-corrected chi connectivity index (χ2v) is 8.34. The lowest BCUT2D eigenvalue weighted by atomic mass is 9.98. The largest absolute Gasteiger partial charge is 0.497 e. The standard InChI is InChI=1S/C17H26N2O5S/c1-13(12-24-16-8-6-15(23-2)7-9-16)18-17(20)14-5-4-10-19(11-14)25(3,21)22/h6-9,13-14H,4-5,10-12H2,1-3H3,(H,18,20)/t13-,14-/m0/s1. The maximum atomic E-state index is 12.4. The monoisotopic (exact) mass is 370 g/mol. The van der Waals surface area contributed by atoms with Crippen LogP contribution in [0.5, 0.6) is 11.5 Å². The Morgan fingerprint density at radius 1 is 1.32 bits per heavy atom. The Kier molecular flexibility index (Phi) is 6.66. The van der Waals surface area contributed by atoms with E-state index in [-0.39, 0.29) is 24.4 Å². The van der Waals surface area contributed by atoms with Crippen LogP contribution in [0.1, 0.15) is 19.8 Å². The summed E-state index contributed by atoms with van der Waals surface area (Å²) in [6.07, 6.45) is 2.57. The number of nitrogens with zero attached hydrogens (tertiary/aromatic N) is 1. The summed E-state index contributed by atoms with van der Waals surface area (Å²) in [5.41, 5.74) is 0. The summed E-state index contributed by atoms with van der Waals surface area (Å²) in [6, 6.07) is 7.04. The van der Waals surface area contributed by atoms with Crippen LogP contribution in [0.25, 0.3) is 0 Å². The molecule has 0 aromatic heterocycles. The Balaban J connectivity index is 1.80. The van der Waals surface area contributed by atoms with Gasteiger partial charge in [0.2, 0.25) is 15.9 Å². The van der Waals surface area contributed by atoms with E-state index < -0.39 is 10.0 Å². The van der Waals surface area contributed by atoms with Crippen molar-refractivity contribution in [3.63, 3.8) is 0 Å². The summed E-state index contributed by atoms with van der Waals surface area (Å²) in [7, 11) is -1.65. The summed E-state index contributed by atoms with van der Waals surface area (Å²) in [6.45, 7) is 2.93. The van der Waals surface area contributed by atoms with E-state index in [0.29, 0.717) is 31.7 Å². The molecule has 1 saturated heterocycles. The van der Waals surface area contributed by atoms with Gasteiger partial charge in [0.1, 0.15) is 18.1 Å². The minimum Gasteiger partial charge on any atom is -0.497 e. The van der Waals surface area contributed by atoms with Crippen LogP contribution in [0, 0.1) is 5.92 Å². The predicted octanol–water partition coefficient (Wildman–Crippen LogP) is 1.25. The molecular formula is C17H26N2O5S. The molecule has 1 aromatic rings. The van der Waals surface area contributed by atoms with Gasteiger partial charge in [0.05, 0.1) is 25.3 Å². The molecule has 1 heterocycles. The van der Waals surface area contributed by atoms with Crippen LogP contribution < -0.4 is 14.8 Å². The van der Waals surface area contributed by atoms with Gasteiger partial charge in [-0.15, -0.1) is 0 Å². The van der Waals surface area contributed by atoms with Crippen LogP contribution in [0.4, 0.5) is 0 Å². The van der Waals surface area contributed by atoms with E-state index in [9.17, 15) is 13.2 Å². The molecule has 140 valence electrons. The Bertz CT molecular complexity index is 675. The number of carbonyl (C=O) groups is 1. The number of nitrogens with one attached hydrogen (secondary N) is 1. The molecule has 8 heteroatoms. The molecule has 25 heavy (non-hydrogen) atoms. The molecule has 0 radical (unpaired) electrons. The molecule has 2 rings (SSSR count). The number of rotatable bonds is 7. The van der Waals surface area contributed by atoms with Crippen LogP contribution in [-0.4, -0.2) is 57.7 Å². The molecule has 0 unspecified atom stereocenters. The summed E-state index contributed by atoms with van der Waals surface area (Å²) in [5, 5.41) is 2.90. The van der Waals surface area contributed by atoms with Crippen LogP contribution in [-0.2, 0) is 14.8 Å². The van der Waals surface area contributed by atoms with Gasteiger partial charge < -0.3 is 14.8 Å². The first-order chi connectivity index (χ1) is 11.8. The van der Waals surface area contributed by atoms with Crippen LogP contribution in [0.3, 0.4) is 0 Å². The lowest BCUT2D eigenvalue weighted by molar-refractivity contribution is -0.126. The zero-order valence-corrected chi connectivity index (χ0v) is 15.7. The Hall–Kier alpha value is -1.80. The first-order valence-corrected chi connectivity index (χ1v) is 10.2. The SMILES string of the molecule is COc1ccc(OC[C@H](C)NC(=O)[C@H]2CCCN(S(C)(=O)=O)C2)cc1. The molecule has 1 aromatic carbocycles. The number of hydrogen-bond donors (Lipinski definition) is 1. The number of sulfonamides is 1. The predicted molar refractivity (Wildman–Crippen MR) is 95.2 cm³/mol. The molecule has 7 nitrogen and oxygen atoms in total. The summed E-state index contributed by atoms with van der Waals surface area (Å²) in [4.78, 5) is 12.4. The first-order valence-electron chi connectivity index (χ1n) is 8.32. The van der Waals surface area contributed by atoms with E-state index in [1.807, 2.05) is 6.92 Å². The van der Waals surface area contributed by atoms with Crippen molar-refractivity contribution in [1.29, 1.82) is 0 Å². The smallest absolute Gasteiger partial charge is 0.224 e. The van der Waals surface area contributed by atoms with Gasteiger partial charge in [-0.05, 0) is 44.0 Å².